The summed E-state index contributed by atoms with van der Waals surface area (Å²) in [5, 5.41) is 0. The van der Waals surface area contributed by atoms with Crippen molar-refractivity contribution in [3.05, 3.63) is 59.7 Å². The maximum atomic E-state index is 12.8. The average molecular weight is 350 g/mol. The second-order valence-corrected chi connectivity index (χ2v) is 6.16. The number of alkyl halides is 3. The van der Waals surface area contributed by atoms with E-state index in [0.717, 1.165) is 43.7 Å². The van der Waals surface area contributed by atoms with E-state index in [2.05, 4.69) is 9.80 Å². The van der Waals surface area contributed by atoms with E-state index in [1.807, 2.05) is 24.3 Å². The molecule has 0 radical (unpaired) electrons. The number of rotatable bonds is 4. The quantitative estimate of drug-likeness (QED) is 0.828. The summed E-state index contributed by atoms with van der Waals surface area (Å²) in [5.41, 5.74) is 1.22. The molecule has 1 saturated heterocycles. The van der Waals surface area contributed by atoms with Crippen LogP contribution >= 0.6 is 0 Å². The van der Waals surface area contributed by atoms with Gasteiger partial charge in [-0.15, -0.1) is 0 Å². The SMILES string of the molecule is COc1cccc(N2CCN(Cc3cccc(C(F)(F)F)c3)CC2)c1. The first kappa shape index (κ1) is 17.6. The molecule has 1 fully saturated rings. The Bertz CT molecular complexity index is 710. The minimum Gasteiger partial charge on any atom is -0.497 e. The van der Waals surface area contributed by atoms with Gasteiger partial charge in [0.05, 0.1) is 12.7 Å². The summed E-state index contributed by atoms with van der Waals surface area (Å²) in [6, 6.07) is 13.5. The Morgan fingerprint density at radius 1 is 0.960 bits per heavy atom. The molecule has 1 aliphatic heterocycles. The summed E-state index contributed by atoms with van der Waals surface area (Å²) < 4.78 is 43.7. The molecule has 0 aromatic heterocycles. The molecule has 0 aliphatic carbocycles. The zero-order chi connectivity index (χ0) is 17.9. The van der Waals surface area contributed by atoms with Crippen molar-refractivity contribution in [3.8, 4) is 5.75 Å². The Hall–Kier alpha value is -2.21. The van der Waals surface area contributed by atoms with Crippen LogP contribution in [0.25, 0.3) is 0 Å². The summed E-state index contributed by atoms with van der Waals surface area (Å²) in [6.45, 7) is 3.84. The maximum Gasteiger partial charge on any atom is 0.416 e. The lowest BCUT2D eigenvalue weighted by atomic mass is 10.1. The van der Waals surface area contributed by atoms with Gasteiger partial charge in [0.1, 0.15) is 5.75 Å². The summed E-state index contributed by atoms with van der Waals surface area (Å²) in [6.07, 6.45) is -4.29. The van der Waals surface area contributed by atoms with E-state index in [1.165, 1.54) is 12.1 Å². The standard InChI is InChI=1S/C19H21F3N2O/c1-25-18-7-3-6-17(13-18)24-10-8-23(9-11-24)14-15-4-2-5-16(12-15)19(20,21)22/h2-7,12-13H,8-11,14H2,1H3. The Kier molecular flexibility index (Phi) is 5.18. The fourth-order valence-electron chi connectivity index (χ4n) is 3.08. The molecule has 25 heavy (non-hydrogen) atoms. The summed E-state index contributed by atoms with van der Waals surface area (Å²) >= 11 is 0. The van der Waals surface area contributed by atoms with Crippen LogP contribution in [0.4, 0.5) is 18.9 Å². The van der Waals surface area contributed by atoms with Crippen LogP contribution in [0.3, 0.4) is 0 Å². The molecular formula is C19H21F3N2O. The van der Waals surface area contributed by atoms with Crippen molar-refractivity contribution in [1.29, 1.82) is 0 Å². The molecule has 134 valence electrons. The highest BCUT2D eigenvalue weighted by molar-refractivity contribution is 5.51. The molecule has 1 aliphatic rings. The van der Waals surface area contributed by atoms with Crippen molar-refractivity contribution in [1.82, 2.24) is 4.90 Å². The van der Waals surface area contributed by atoms with Crippen molar-refractivity contribution < 1.29 is 17.9 Å². The second-order valence-electron chi connectivity index (χ2n) is 6.16. The Labute approximate surface area is 145 Å². The minimum absolute atomic E-state index is 0.538. The molecular weight excluding hydrogens is 329 g/mol. The third kappa shape index (κ3) is 4.45. The van der Waals surface area contributed by atoms with Crippen LogP contribution in [0.1, 0.15) is 11.1 Å². The first-order valence-corrected chi connectivity index (χ1v) is 8.23. The summed E-state index contributed by atoms with van der Waals surface area (Å²) in [5.74, 6) is 0.823. The molecule has 3 nitrogen and oxygen atoms in total. The van der Waals surface area contributed by atoms with Gasteiger partial charge in [-0.25, -0.2) is 0 Å². The van der Waals surface area contributed by atoms with Crippen molar-refractivity contribution in [2.45, 2.75) is 12.7 Å². The van der Waals surface area contributed by atoms with E-state index in [9.17, 15) is 13.2 Å². The van der Waals surface area contributed by atoms with Crippen LogP contribution in [-0.4, -0.2) is 38.2 Å². The van der Waals surface area contributed by atoms with Crippen LogP contribution in [0.2, 0.25) is 0 Å². The fourth-order valence-corrected chi connectivity index (χ4v) is 3.08. The van der Waals surface area contributed by atoms with Crippen LogP contribution in [-0.2, 0) is 12.7 Å². The molecule has 3 rings (SSSR count). The molecule has 2 aromatic rings. The first-order chi connectivity index (χ1) is 12.0. The molecule has 0 amide bonds. The van der Waals surface area contributed by atoms with E-state index >= 15 is 0 Å². The van der Waals surface area contributed by atoms with Gasteiger partial charge in [-0.3, -0.25) is 4.90 Å². The van der Waals surface area contributed by atoms with Gasteiger partial charge in [0, 0.05) is 44.5 Å². The predicted octanol–water partition coefficient (Wildman–Crippen LogP) is 4.04. The normalized spacial score (nSPS) is 16.1. The number of methoxy groups -OCH3 is 1. The highest BCUT2D eigenvalue weighted by Crippen LogP contribution is 2.30. The van der Waals surface area contributed by atoms with Gasteiger partial charge >= 0.3 is 6.18 Å². The van der Waals surface area contributed by atoms with Crippen LogP contribution in [0, 0.1) is 0 Å². The highest BCUT2D eigenvalue weighted by Gasteiger charge is 2.30. The van der Waals surface area contributed by atoms with Crippen molar-refractivity contribution in [3.63, 3.8) is 0 Å². The van der Waals surface area contributed by atoms with E-state index in [1.54, 1.807) is 13.2 Å². The molecule has 0 atom stereocenters. The van der Waals surface area contributed by atoms with Crippen molar-refractivity contribution >= 4 is 5.69 Å². The van der Waals surface area contributed by atoms with Gasteiger partial charge in [0.2, 0.25) is 0 Å². The zero-order valence-corrected chi connectivity index (χ0v) is 14.1. The highest BCUT2D eigenvalue weighted by atomic mass is 19.4. The van der Waals surface area contributed by atoms with E-state index in [-0.39, 0.29) is 0 Å². The molecule has 0 bridgehead atoms. The third-order valence-electron chi connectivity index (χ3n) is 4.45. The number of piperazine rings is 1. The molecule has 6 heteroatoms. The number of halogens is 3. The first-order valence-electron chi connectivity index (χ1n) is 8.23. The van der Waals surface area contributed by atoms with Gasteiger partial charge < -0.3 is 9.64 Å². The lowest BCUT2D eigenvalue weighted by Gasteiger charge is -2.36. The Morgan fingerprint density at radius 2 is 1.68 bits per heavy atom. The second kappa shape index (κ2) is 7.35. The maximum absolute atomic E-state index is 12.8. The predicted molar refractivity (Wildman–Crippen MR) is 91.9 cm³/mol. The average Bonchev–Trinajstić information content (AvgIpc) is 2.62. The number of nitrogens with zero attached hydrogens (tertiary/aromatic N) is 2. The summed E-state index contributed by atoms with van der Waals surface area (Å²) in [4.78, 5) is 4.46. The molecule has 1 heterocycles. The van der Waals surface area contributed by atoms with Crippen LogP contribution in [0.15, 0.2) is 48.5 Å². The molecule has 0 unspecified atom stereocenters. The largest absolute Gasteiger partial charge is 0.497 e. The Morgan fingerprint density at radius 3 is 2.36 bits per heavy atom. The molecule has 2 aromatic carbocycles. The van der Waals surface area contributed by atoms with Gasteiger partial charge in [-0.1, -0.05) is 24.3 Å². The number of hydrogen-bond acceptors (Lipinski definition) is 3. The number of ether oxygens (including phenoxy) is 1. The number of anilines is 1. The lowest BCUT2D eigenvalue weighted by molar-refractivity contribution is -0.137. The van der Waals surface area contributed by atoms with Gasteiger partial charge in [-0.05, 0) is 23.8 Å². The number of benzene rings is 2. The van der Waals surface area contributed by atoms with Crippen LogP contribution in [0.5, 0.6) is 5.75 Å². The van der Waals surface area contributed by atoms with E-state index in [0.29, 0.717) is 12.1 Å². The molecule has 0 saturated carbocycles. The van der Waals surface area contributed by atoms with Gasteiger partial charge in [-0.2, -0.15) is 13.2 Å². The number of hydrogen-bond donors (Lipinski definition) is 0. The fraction of sp³-hybridized carbons (Fsp3) is 0.368. The van der Waals surface area contributed by atoms with E-state index in [4.69, 9.17) is 4.74 Å². The van der Waals surface area contributed by atoms with Crippen molar-refractivity contribution in [2.75, 3.05) is 38.2 Å². The topological polar surface area (TPSA) is 15.7 Å². The molecule has 0 spiro atoms. The smallest absolute Gasteiger partial charge is 0.416 e. The zero-order valence-electron chi connectivity index (χ0n) is 14.1. The van der Waals surface area contributed by atoms with E-state index < -0.39 is 11.7 Å². The minimum atomic E-state index is -4.29. The lowest BCUT2D eigenvalue weighted by Crippen LogP contribution is -2.45. The van der Waals surface area contributed by atoms with Crippen molar-refractivity contribution in [2.24, 2.45) is 0 Å². The van der Waals surface area contributed by atoms with Crippen LogP contribution < -0.4 is 9.64 Å². The molecule has 0 N–H and O–H groups in total. The third-order valence-corrected chi connectivity index (χ3v) is 4.45. The monoisotopic (exact) mass is 350 g/mol. The summed E-state index contributed by atoms with van der Waals surface area (Å²) in [7, 11) is 1.64. The van der Waals surface area contributed by atoms with Gasteiger partial charge in [0.15, 0.2) is 0 Å². The Balaban J connectivity index is 1.59. The van der Waals surface area contributed by atoms with Gasteiger partial charge in [0.25, 0.3) is 0 Å².